The van der Waals surface area contributed by atoms with Crippen molar-refractivity contribution in [1.29, 1.82) is 0 Å². The molecule has 0 spiro atoms. The molecule has 1 heterocycles. The minimum absolute atomic E-state index is 0.0701. The Morgan fingerprint density at radius 2 is 2.21 bits per heavy atom. The maximum absolute atomic E-state index is 8.99. The fourth-order valence-corrected chi connectivity index (χ4v) is 1.40. The smallest absolute Gasteiger partial charge is 0.0923 e. The second-order valence-corrected chi connectivity index (χ2v) is 3.23. The summed E-state index contributed by atoms with van der Waals surface area (Å²) in [6, 6.07) is 9.71. The summed E-state index contributed by atoms with van der Waals surface area (Å²) in [4.78, 5) is 0. The van der Waals surface area contributed by atoms with E-state index >= 15 is 0 Å². The average molecular weight is 188 g/mol. The van der Waals surface area contributed by atoms with Gasteiger partial charge in [0.15, 0.2) is 0 Å². The average Bonchev–Trinajstić information content (AvgIpc) is 2.65. The molecule has 0 saturated heterocycles. The van der Waals surface area contributed by atoms with Gasteiger partial charge in [0, 0.05) is 18.8 Å². The third kappa shape index (κ3) is 1.67. The van der Waals surface area contributed by atoms with Crippen LogP contribution in [0.1, 0.15) is 5.56 Å². The molecule has 0 fully saturated rings. The van der Waals surface area contributed by atoms with E-state index in [0.29, 0.717) is 0 Å². The molecule has 0 radical (unpaired) electrons. The Balaban J connectivity index is 2.41. The molecule has 0 atom stereocenters. The number of rotatable bonds is 2. The van der Waals surface area contributed by atoms with Crippen molar-refractivity contribution >= 4 is 0 Å². The van der Waals surface area contributed by atoms with Crippen LogP contribution in [0.2, 0.25) is 0 Å². The van der Waals surface area contributed by atoms with Crippen LogP contribution in [0.25, 0.3) is 11.3 Å². The van der Waals surface area contributed by atoms with Crippen LogP contribution in [0.4, 0.5) is 0 Å². The summed E-state index contributed by atoms with van der Waals surface area (Å²) >= 11 is 0. The maximum Gasteiger partial charge on any atom is 0.0923 e. The molecule has 0 aliphatic carbocycles. The Morgan fingerprint density at radius 3 is 2.86 bits per heavy atom. The van der Waals surface area contributed by atoms with Crippen LogP contribution in [0.3, 0.4) is 0 Å². The fraction of sp³-hybridized carbons (Fsp3) is 0.182. The third-order valence-electron chi connectivity index (χ3n) is 2.12. The number of aliphatic hydroxyl groups excluding tert-OH is 1. The first kappa shape index (κ1) is 8.97. The van der Waals surface area contributed by atoms with Gasteiger partial charge in [-0.05, 0) is 17.7 Å². The molecular formula is C11H12N2O. The number of benzene rings is 1. The minimum Gasteiger partial charge on any atom is -0.392 e. The topological polar surface area (TPSA) is 38.0 Å². The number of aryl methyl sites for hydroxylation is 1. The van der Waals surface area contributed by atoms with Gasteiger partial charge in [0.1, 0.15) is 0 Å². The molecule has 0 bridgehead atoms. The van der Waals surface area contributed by atoms with E-state index in [4.69, 9.17) is 5.11 Å². The van der Waals surface area contributed by atoms with Gasteiger partial charge in [0.05, 0.1) is 12.3 Å². The molecule has 0 amide bonds. The van der Waals surface area contributed by atoms with Gasteiger partial charge in [-0.2, -0.15) is 5.10 Å². The Hall–Kier alpha value is -1.61. The Morgan fingerprint density at radius 1 is 1.36 bits per heavy atom. The molecule has 72 valence electrons. The van der Waals surface area contributed by atoms with Crippen molar-refractivity contribution in [2.75, 3.05) is 0 Å². The highest BCUT2D eigenvalue weighted by molar-refractivity contribution is 5.59. The minimum atomic E-state index is 0.0701. The predicted octanol–water partition coefficient (Wildman–Crippen LogP) is 1.58. The quantitative estimate of drug-likeness (QED) is 0.777. The molecule has 1 N–H and O–H groups in total. The lowest BCUT2D eigenvalue weighted by Crippen LogP contribution is -1.89. The van der Waals surface area contributed by atoms with Crippen LogP contribution >= 0.6 is 0 Å². The molecule has 2 rings (SSSR count). The highest BCUT2D eigenvalue weighted by Crippen LogP contribution is 2.17. The van der Waals surface area contributed by atoms with Gasteiger partial charge in [-0.25, -0.2) is 0 Å². The van der Waals surface area contributed by atoms with Crippen LogP contribution in [0, 0.1) is 0 Å². The standard InChI is InChI=1S/C11H12N2O/c1-13-6-5-11(12-13)10-4-2-3-9(7-10)8-14/h2-7,14H,8H2,1H3. The van der Waals surface area contributed by atoms with E-state index in [1.807, 2.05) is 43.6 Å². The number of aromatic nitrogens is 2. The highest BCUT2D eigenvalue weighted by atomic mass is 16.3. The highest BCUT2D eigenvalue weighted by Gasteiger charge is 2.01. The lowest BCUT2D eigenvalue weighted by atomic mass is 10.1. The van der Waals surface area contributed by atoms with Crippen molar-refractivity contribution in [2.45, 2.75) is 6.61 Å². The van der Waals surface area contributed by atoms with E-state index < -0.39 is 0 Å². The van der Waals surface area contributed by atoms with Crippen molar-refractivity contribution in [3.8, 4) is 11.3 Å². The predicted molar refractivity (Wildman–Crippen MR) is 54.6 cm³/mol. The first-order valence-electron chi connectivity index (χ1n) is 4.49. The second kappa shape index (κ2) is 3.64. The summed E-state index contributed by atoms with van der Waals surface area (Å²) in [5, 5.41) is 13.3. The van der Waals surface area contributed by atoms with Crippen molar-refractivity contribution in [2.24, 2.45) is 7.05 Å². The summed E-state index contributed by atoms with van der Waals surface area (Å²) in [6.07, 6.45) is 1.90. The van der Waals surface area contributed by atoms with Crippen molar-refractivity contribution < 1.29 is 5.11 Å². The number of nitrogens with zero attached hydrogens (tertiary/aromatic N) is 2. The van der Waals surface area contributed by atoms with E-state index in [-0.39, 0.29) is 6.61 Å². The number of aliphatic hydroxyl groups is 1. The molecule has 1 aromatic carbocycles. The van der Waals surface area contributed by atoms with Crippen molar-refractivity contribution in [1.82, 2.24) is 9.78 Å². The van der Waals surface area contributed by atoms with Gasteiger partial charge >= 0.3 is 0 Å². The molecular weight excluding hydrogens is 176 g/mol. The lowest BCUT2D eigenvalue weighted by Gasteiger charge is -1.99. The summed E-state index contributed by atoms with van der Waals surface area (Å²) in [6.45, 7) is 0.0701. The SMILES string of the molecule is Cn1ccc(-c2cccc(CO)c2)n1. The van der Waals surface area contributed by atoms with Gasteiger partial charge in [0.25, 0.3) is 0 Å². The van der Waals surface area contributed by atoms with Gasteiger partial charge in [-0.1, -0.05) is 18.2 Å². The number of hydrogen-bond donors (Lipinski definition) is 1. The maximum atomic E-state index is 8.99. The molecule has 0 aliphatic rings. The zero-order chi connectivity index (χ0) is 9.97. The molecule has 14 heavy (non-hydrogen) atoms. The second-order valence-electron chi connectivity index (χ2n) is 3.23. The van der Waals surface area contributed by atoms with Gasteiger partial charge in [0.2, 0.25) is 0 Å². The van der Waals surface area contributed by atoms with Gasteiger partial charge < -0.3 is 5.11 Å². The van der Waals surface area contributed by atoms with Gasteiger partial charge in [-0.15, -0.1) is 0 Å². The van der Waals surface area contributed by atoms with Crippen molar-refractivity contribution in [3.05, 3.63) is 42.1 Å². The lowest BCUT2D eigenvalue weighted by molar-refractivity contribution is 0.282. The fourth-order valence-electron chi connectivity index (χ4n) is 1.40. The van der Waals surface area contributed by atoms with E-state index in [1.54, 1.807) is 4.68 Å². The Kier molecular flexibility index (Phi) is 2.33. The Labute approximate surface area is 82.6 Å². The van der Waals surface area contributed by atoms with Crippen LogP contribution in [0.15, 0.2) is 36.5 Å². The zero-order valence-electron chi connectivity index (χ0n) is 8.01. The van der Waals surface area contributed by atoms with Crippen LogP contribution in [-0.4, -0.2) is 14.9 Å². The van der Waals surface area contributed by atoms with Gasteiger partial charge in [-0.3, -0.25) is 4.68 Å². The third-order valence-corrected chi connectivity index (χ3v) is 2.12. The molecule has 3 nitrogen and oxygen atoms in total. The largest absolute Gasteiger partial charge is 0.392 e. The van der Waals surface area contributed by atoms with Crippen molar-refractivity contribution in [3.63, 3.8) is 0 Å². The molecule has 1 aromatic heterocycles. The zero-order valence-corrected chi connectivity index (χ0v) is 8.01. The van der Waals surface area contributed by atoms with E-state index in [9.17, 15) is 0 Å². The first-order valence-corrected chi connectivity index (χ1v) is 4.49. The van der Waals surface area contributed by atoms with Crippen LogP contribution in [0.5, 0.6) is 0 Å². The molecule has 2 aromatic rings. The van der Waals surface area contributed by atoms with Crippen LogP contribution in [-0.2, 0) is 13.7 Å². The summed E-state index contributed by atoms with van der Waals surface area (Å²) in [5.41, 5.74) is 2.88. The summed E-state index contributed by atoms with van der Waals surface area (Å²) < 4.78 is 1.76. The molecule has 0 unspecified atom stereocenters. The summed E-state index contributed by atoms with van der Waals surface area (Å²) in [7, 11) is 1.89. The normalized spacial score (nSPS) is 10.4. The molecule has 3 heteroatoms. The van der Waals surface area contributed by atoms with E-state index in [1.165, 1.54) is 0 Å². The monoisotopic (exact) mass is 188 g/mol. The van der Waals surface area contributed by atoms with E-state index in [0.717, 1.165) is 16.8 Å². The van der Waals surface area contributed by atoms with Crippen LogP contribution < -0.4 is 0 Å². The summed E-state index contributed by atoms with van der Waals surface area (Å²) in [5.74, 6) is 0. The molecule has 0 aliphatic heterocycles. The molecule has 0 saturated carbocycles. The van der Waals surface area contributed by atoms with E-state index in [2.05, 4.69) is 5.10 Å². The Bertz CT molecular complexity index is 434. The number of hydrogen-bond acceptors (Lipinski definition) is 2. The first-order chi connectivity index (χ1) is 6.79.